The summed E-state index contributed by atoms with van der Waals surface area (Å²) in [7, 11) is 0. The van der Waals surface area contributed by atoms with E-state index in [-0.39, 0.29) is 12.3 Å². The molecule has 7 heteroatoms. The van der Waals surface area contributed by atoms with Gasteiger partial charge in [0, 0.05) is 25.7 Å². The van der Waals surface area contributed by atoms with E-state index in [4.69, 9.17) is 5.73 Å². The van der Waals surface area contributed by atoms with E-state index in [9.17, 15) is 4.79 Å². The Balaban J connectivity index is 1.92. The molecule has 7 nitrogen and oxygen atoms in total. The third-order valence-corrected chi connectivity index (χ3v) is 2.55. The molecule has 0 bridgehead atoms. The highest BCUT2D eigenvalue weighted by molar-refractivity contribution is 5.80. The number of nitrogens with zero attached hydrogens (tertiary/aromatic N) is 5. The van der Waals surface area contributed by atoms with Crippen LogP contribution in [0.15, 0.2) is 18.6 Å². The molecule has 0 spiro atoms. The number of hydrogen-bond acceptors (Lipinski definition) is 5. The van der Waals surface area contributed by atoms with Crippen LogP contribution in [0.4, 0.5) is 0 Å². The molecule has 2 aromatic rings. The number of Topliss-reactive ketones (excluding diaryl/α,β-unsaturated/α-hetero) is 1. The van der Waals surface area contributed by atoms with Gasteiger partial charge in [0.15, 0.2) is 5.78 Å². The second-order valence-corrected chi connectivity index (χ2v) is 4.03. The van der Waals surface area contributed by atoms with Crippen LogP contribution in [0.5, 0.6) is 0 Å². The first-order chi connectivity index (χ1) is 8.71. The summed E-state index contributed by atoms with van der Waals surface area (Å²) in [6.45, 7) is 3.35. The van der Waals surface area contributed by atoms with Crippen molar-refractivity contribution in [3.05, 3.63) is 29.8 Å². The smallest absolute Gasteiger partial charge is 0.158 e. The third-order valence-electron chi connectivity index (χ3n) is 2.55. The number of rotatable bonds is 6. The van der Waals surface area contributed by atoms with Gasteiger partial charge < -0.3 is 5.73 Å². The highest BCUT2D eigenvalue weighted by Gasteiger charge is 2.08. The second-order valence-electron chi connectivity index (χ2n) is 4.03. The number of hydrogen-bond donors (Lipinski definition) is 1. The lowest BCUT2D eigenvalue weighted by atomic mass is 10.2. The van der Waals surface area contributed by atoms with Gasteiger partial charge in [0.1, 0.15) is 6.54 Å². The summed E-state index contributed by atoms with van der Waals surface area (Å²) >= 11 is 0. The first-order valence-electron chi connectivity index (χ1n) is 5.83. The molecule has 0 saturated heterocycles. The molecule has 0 atom stereocenters. The Bertz CT molecular complexity index is 483. The summed E-state index contributed by atoms with van der Waals surface area (Å²) in [6, 6.07) is 0. The molecular formula is C11H16N6O. The van der Waals surface area contributed by atoms with Crippen molar-refractivity contribution in [1.29, 1.82) is 0 Å². The number of ketones is 1. The Morgan fingerprint density at radius 1 is 1.39 bits per heavy atom. The van der Waals surface area contributed by atoms with Gasteiger partial charge in [0.25, 0.3) is 0 Å². The SMILES string of the molecule is CCn1cc(CC(=O)Cn2cc(CN)nn2)cn1. The first kappa shape index (κ1) is 12.4. The average Bonchev–Trinajstić information content (AvgIpc) is 2.98. The summed E-state index contributed by atoms with van der Waals surface area (Å²) in [5.41, 5.74) is 7.02. The number of aromatic nitrogens is 5. The summed E-state index contributed by atoms with van der Waals surface area (Å²) in [6.07, 6.45) is 5.64. The van der Waals surface area contributed by atoms with Crippen molar-refractivity contribution in [2.45, 2.75) is 33.0 Å². The standard InChI is InChI=1S/C11H16N6O/c1-2-16-6-9(5-13-16)3-11(18)8-17-7-10(4-12)14-15-17/h5-7H,2-4,8,12H2,1H3. The summed E-state index contributed by atoms with van der Waals surface area (Å²) < 4.78 is 3.30. The van der Waals surface area contributed by atoms with Crippen LogP contribution >= 0.6 is 0 Å². The van der Waals surface area contributed by atoms with Gasteiger partial charge in [-0.2, -0.15) is 5.10 Å². The fourth-order valence-electron chi connectivity index (χ4n) is 1.64. The maximum absolute atomic E-state index is 11.8. The van der Waals surface area contributed by atoms with Gasteiger partial charge >= 0.3 is 0 Å². The van der Waals surface area contributed by atoms with E-state index in [1.807, 2.05) is 13.1 Å². The zero-order chi connectivity index (χ0) is 13.0. The van der Waals surface area contributed by atoms with E-state index in [0.717, 1.165) is 12.1 Å². The second kappa shape index (κ2) is 5.54. The van der Waals surface area contributed by atoms with Crippen LogP contribution in [0.1, 0.15) is 18.2 Å². The van der Waals surface area contributed by atoms with Crippen molar-refractivity contribution in [3.8, 4) is 0 Å². The number of carbonyl (C=O) groups is 1. The number of carbonyl (C=O) groups excluding carboxylic acids is 1. The molecule has 2 aromatic heterocycles. The van der Waals surface area contributed by atoms with Gasteiger partial charge in [0.05, 0.1) is 18.1 Å². The summed E-state index contributed by atoms with van der Waals surface area (Å²) in [4.78, 5) is 11.8. The molecule has 2 rings (SSSR count). The maximum atomic E-state index is 11.8. The fourth-order valence-corrected chi connectivity index (χ4v) is 1.64. The Morgan fingerprint density at radius 3 is 2.83 bits per heavy atom. The minimum atomic E-state index is 0.0686. The van der Waals surface area contributed by atoms with Crippen molar-refractivity contribution in [2.24, 2.45) is 5.73 Å². The molecule has 2 N–H and O–H groups in total. The van der Waals surface area contributed by atoms with E-state index < -0.39 is 0 Å². The normalized spacial score (nSPS) is 10.8. The van der Waals surface area contributed by atoms with Crippen molar-refractivity contribution < 1.29 is 4.79 Å². The highest BCUT2D eigenvalue weighted by Crippen LogP contribution is 2.01. The lowest BCUT2D eigenvalue weighted by Crippen LogP contribution is -2.13. The highest BCUT2D eigenvalue weighted by atomic mass is 16.1. The van der Waals surface area contributed by atoms with Crippen molar-refractivity contribution in [3.63, 3.8) is 0 Å². The number of nitrogens with two attached hydrogens (primary N) is 1. The molecule has 96 valence electrons. The quantitative estimate of drug-likeness (QED) is 0.762. The van der Waals surface area contributed by atoms with Crippen LogP contribution in [-0.2, 0) is 30.8 Å². The molecule has 0 saturated carbocycles. The Labute approximate surface area is 105 Å². The fraction of sp³-hybridized carbons (Fsp3) is 0.455. The third kappa shape index (κ3) is 3.01. The van der Waals surface area contributed by atoms with Gasteiger partial charge in [-0.1, -0.05) is 5.21 Å². The van der Waals surface area contributed by atoms with E-state index in [1.54, 1.807) is 17.1 Å². The van der Waals surface area contributed by atoms with Crippen LogP contribution in [0, 0.1) is 0 Å². The van der Waals surface area contributed by atoms with Gasteiger partial charge in [-0.05, 0) is 12.5 Å². The van der Waals surface area contributed by atoms with E-state index >= 15 is 0 Å². The molecule has 0 aliphatic rings. The lowest BCUT2D eigenvalue weighted by molar-refractivity contribution is -0.119. The Hall–Kier alpha value is -2.02. The Kier molecular flexibility index (Phi) is 3.83. The predicted octanol–water partition coefficient (Wildman–Crippen LogP) is -0.235. The molecule has 0 aliphatic heterocycles. The molecule has 0 amide bonds. The topological polar surface area (TPSA) is 91.6 Å². The van der Waals surface area contributed by atoms with Gasteiger partial charge in [-0.25, -0.2) is 4.68 Å². The van der Waals surface area contributed by atoms with Crippen LogP contribution < -0.4 is 5.73 Å². The molecule has 0 aromatic carbocycles. The van der Waals surface area contributed by atoms with Crippen LogP contribution in [-0.4, -0.2) is 30.6 Å². The van der Waals surface area contributed by atoms with Crippen LogP contribution in [0.2, 0.25) is 0 Å². The zero-order valence-corrected chi connectivity index (χ0v) is 10.3. The summed E-state index contributed by atoms with van der Waals surface area (Å²) in [5.74, 6) is 0.0686. The van der Waals surface area contributed by atoms with Crippen molar-refractivity contribution >= 4 is 5.78 Å². The molecule has 0 fully saturated rings. The van der Waals surface area contributed by atoms with E-state index in [0.29, 0.717) is 18.7 Å². The minimum Gasteiger partial charge on any atom is -0.325 e. The zero-order valence-electron chi connectivity index (χ0n) is 10.3. The van der Waals surface area contributed by atoms with E-state index in [2.05, 4.69) is 15.4 Å². The molecule has 2 heterocycles. The average molecular weight is 248 g/mol. The predicted molar refractivity (Wildman–Crippen MR) is 64.5 cm³/mol. The Morgan fingerprint density at radius 2 is 2.22 bits per heavy atom. The van der Waals surface area contributed by atoms with Crippen molar-refractivity contribution in [1.82, 2.24) is 24.8 Å². The minimum absolute atomic E-state index is 0.0686. The van der Waals surface area contributed by atoms with Gasteiger partial charge in [-0.3, -0.25) is 9.48 Å². The molecule has 0 aliphatic carbocycles. The molecule has 0 unspecified atom stereocenters. The maximum Gasteiger partial charge on any atom is 0.158 e. The first-order valence-corrected chi connectivity index (χ1v) is 5.83. The van der Waals surface area contributed by atoms with Gasteiger partial charge in [-0.15, -0.1) is 5.10 Å². The van der Waals surface area contributed by atoms with Crippen LogP contribution in [0.3, 0.4) is 0 Å². The van der Waals surface area contributed by atoms with Crippen LogP contribution in [0.25, 0.3) is 0 Å². The largest absolute Gasteiger partial charge is 0.325 e. The molecule has 18 heavy (non-hydrogen) atoms. The lowest BCUT2D eigenvalue weighted by Gasteiger charge is -1.98. The van der Waals surface area contributed by atoms with Crippen molar-refractivity contribution in [2.75, 3.05) is 0 Å². The van der Waals surface area contributed by atoms with E-state index in [1.165, 1.54) is 4.68 Å². The molecule has 0 radical (unpaired) electrons. The summed E-state index contributed by atoms with van der Waals surface area (Å²) in [5, 5.41) is 11.8. The monoisotopic (exact) mass is 248 g/mol. The number of aryl methyl sites for hydroxylation is 1. The molecular weight excluding hydrogens is 232 g/mol. The van der Waals surface area contributed by atoms with Gasteiger partial charge in [0.2, 0.25) is 0 Å².